The van der Waals surface area contributed by atoms with Gasteiger partial charge in [0, 0.05) is 23.5 Å². The summed E-state index contributed by atoms with van der Waals surface area (Å²) in [5.41, 5.74) is 2.71. The SMILES string of the molecule is Cc1c(-c2ccncc2)c(=O)[nH]c2cc(N[C@H](C=O)[C@H](O)[C@@H](O)[C@@H](O)CO)ccc12. The van der Waals surface area contributed by atoms with Crippen LogP contribution in [0.2, 0.25) is 0 Å². The molecule has 158 valence electrons. The molecular formula is C21H23N3O6. The topological polar surface area (TPSA) is 156 Å². The van der Waals surface area contributed by atoms with Gasteiger partial charge in [0.1, 0.15) is 30.6 Å². The molecule has 0 fully saturated rings. The first-order valence-electron chi connectivity index (χ1n) is 9.31. The van der Waals surface area contributed by atoms with Gasteiger partial charge in [-0.15, -0.1) is 0 Å². The van der Waals surface area contributed by atoms with E-state index < -0.39 is 31.0 Å². The molecule has 3 rings (SSSR count). The zero-order chi connectivity index (χ0) is 21.8. The second-order valence-electron chi connectivity index (χ2n) is 6.99. The van der Waals surface area contributed by atoms with Crippen molar-refractivity contribution in [2.24, 2.45) is 0 Å². The van der Waals surface area contributed by atoms with Gasteiger partial charge in [-0.05, 0) is 42.3 Å². The summed E-state index contributed by atoms with van der Waals surface area (Å²) in [4.78, 5) is 30.9. The molecule has 0 aliphatic rings. The highest BCUT2D eigenvalue weighted by atomic mass is 16.4. The largest absolute Gasteiger partial charge is 0.394 e. The number of pyridine rings is 2. The van der Waals surface area contributed by atoms with Crippen molar-refractivity contribution in [1.29, 1.82) is 0 Å². The van der Waals surface area contributed by atoms with Gasteiger partial charge in [-0.3, -0.25) is 9.78 Å². The van der Waals surface area contributed by atoms with Crippen molar-refractivity contribution in [3.8, 4) is 11.1 Å². The molecular weight excluding hydrogens is 390 g/mol. The number of anilines is 1. The van der Waals surface area contributed by atoms with Crippen molar-refractivity contribution in [3.63, 3.8) is 0 Å². The van der Waals surface area contributed by atoms with Crippen LogP contribution in [0.25, 0.3) is 22.0 Å². The Labute approximate surface area is 171 Å². The zero-order valence-electron chi connectivity index (χ0n) is 16.2. The van der Waals surface area contributed by atoms with Gasteiger partial charge < -0.3 is 35.5 Å². The molecule has 0 unspecified atom stereocenters. The molecule has 0 bridgehead atoms. The Kier molecular flexibility index (Phi) is 6.58. The van der Waals surface area contributed by atoms with E-state index in [0.29, 0.717) is 23.1 Å². The van der Waals surface area contributed by atoms with Gasteiger partial charge in [0.05, 0.1) is 17.7 Å². The summed E-state index contributed by atoms with van der Waals surface area (Å²) in [5, 5.41) is 41.9. The Bertz CT molecular complexity index is 1090. The summed E-state index contributed by atoms with van der Waals surface area (Å²) in [5.74, 6) is 0. The first-order valence-corrected chi connectivity index (χ1v) is 9.31. The maximum atomic E-state index is 12.7. The summed E-state index contributed by atoms with van der Waals surface area (Å²) in [7, 11) is 0. The summed E-state index contributed by atoms with van der Waals surface area (Å²) >= 11 is 0. The number of aryl methyl sites for hydroxylation is 1. The average molecular weight is 413 g/mol. The Morgan fingerprint density at radius 1 is 1.13 bits per heavy atom. The number of aldehydes is 1. The number of fused-ring (bicyclic) bond motifs is 1. The van der Waals surface area contributed by atoms with Crippen molar-refractivity contribution in [3.05, 3.63) is 58.6 Å². The molecule has 0 aliphatic heterocycles. The predicted octanol–water partition coefficient (Wildman–Crippen LogP) is -0.0471. The van der Waals surface area contributed by atoms with E-state index in [1.54, 1.807) is 42.7 Å². The van der Waals surface area contributed by atoms with Crippen LogP contribution in [0.1, 0.15) is 5.56 Å². The van der Waals surface area contributed by atoms with E-state index in [9.17, 15) is 24.9 Å². The Hall–Kier alpha value is -3.11. The number of hydrogen-bond donors (Lipinski definition) is 6. The molecule has 1 aromatic carbocycles. The van der Waals surface area contributed by atoms with Crippen LogP contribution in [0.3, 0.4) is 0 Å². The number of nitrogens with one attached hydrogen (secondary N) is 2. The average Bonchev–Trinajstić information content (AvgIpc) is 2.76. The first kappa shape index (κ1) is 21.6. The Morgan fingerprint density at radius 2 is 1.83 bits per heavy atom. The highest BCUT2D eigenvalue weighted by molar-refractivity contribution is 5.90. The predicted molar refractivity (Wildman–Crippen MR) is 111 cm³/mol. The maximum absolute atomic E-state index is 12.7. The molecule has 0 saturated heterocycles. The van der Waals surface area contributed by atoms with E-state index >= 15 is 0 Å². The number of aromatic amines is 1. The molecule has 3 aromatic rings. The van der Waals surface area contributed by atoms with E-state index in [-0.39, 0.29) is 5.56 Å². The number of aliphatic hydroxyl groups excluding tert-OH is 4. The van der Waals surface area contributed by atoms with Crippen molar-refractivity contribution in [2.75, 3.05) is 11.9 Å². The number of rotatable bonds is 8. The highest BCUT2D eigenvalue weighted by Crippen LogP contribution is 2.27. The number of carbonyl (C=O) groups is 1. The summed E-state index contributed by atoms with van der Waals surface area (Å²) in [6.07, 6.45) is -1.36. The second-order valence-corrected chi connectivity index (χ2v) is 6.99. The monoisotopic (exact) mass is 413 g/mol. The highest BCUT2D eigenvalue weighted by Gasteiger charge is 2.31. The molecule has 0 aliphatic carbocycles. The van der Waals surface area contributed by atoms with Gasteiger partial charge in [0.2, 0.25) is 0 Å². The van der Waals surface area contributed by atoms with Crippen LogP contribution >= 0.6 is 0 Å². The Balaban J connectivity index is 1.94. The van der Waals surface area contributed by atoms with Crippen LogP contribution in [0.5, 0.6) is 0 Å². The van der Waals surface area contributed by atoms with Gasteiger partial charge in [0.25, 0.3) is 5.56 Å². The minimum Gasteiger partial charge on any atom is -0.394 e. The molecule has 0 radical (unpaired) electrons. The van der Waals surface area contributed by atoms with Crippen LogP contribution in [-0.4, -0.2) is 67.6 Å². The van der Waals surface area contributed by atoms with Gasteiger partial charge in [-0.2, -0.15) is 0 Å². The third kappa shape index (κ3) is 4.24. The van der Waals surface area contributed by atoms with Gasteiger partial charge in [0.15, 0.2) is 0 Å². The summed E-state index contributed by atoms with van der Waals surface area (Å²) in [6, 6.07) is 7.30. The van der Waals surface area contributed by atoms with E-state index in [4.69, 9.17) is 5.11 Å². The fraction of sp³-hybridized carbons (Fsp3) is 0.286. The minimum atomic E-state index is -1.72. The van der Waals surface area contributed by atoms with E-state index in [2.05, 4.69) is 15.3 Å². The number of hydrogen-bond acceptors (Lipinski definition) is 8. The van der Waals surface area contributed by atoms with Gasteiger partial charge >= 0.3 is 0 Å². The fourth-order valence-corrected chi connectivity index (χ4v) is 3.36. The van der Waals surface area contributed by atoms with Crippen LogP contribution in [0, 0.1) is 6.92 Å². The lowest BCUT2D eigenvalue weighted by Gasteiger charge is -2.27. The number of carbonyl (C=O) groups excluding carboxylic acids is 1. The molecule has 0 saturated carbocycles. The standard InChI is InChI=1S/C21H23N3O6/c1-11-14-3-2-13(23-16(9-25)19(28)20(29)17(27)10-26)8-15(14)24-21(30)18(11)12-4-6-22-7-5-12/h2-9,16-17,19-20,23,26-29H,10H2,1H3,(H,24,30)/t16-,17+,19+,20+/m1/s1. The lowest BCUT2D eigenvalue weighted by atomic mass is 9.99. The number of aliphatic hydroxyl groups is 4. The lowest BCUT2D eigenvalue weighted by molar-refractivity contribution is -0.117. The lowest BCUT2D eigenvalue weighted by Crippen LogP contribution is -2.49. The number of aromatic nitrogens is 2. The smallest absolute Gasteiger partial charge is 0.256 e. The third-order valence-electron chi connectivity index (χ3n) is 5.02. The first-order chi connectivity index (χ1) is 14.4. The normalized spacial score (nSPS) is 15.4. The third-order valence-corrected chi connectivity index (χ3v) is 5.02. The molecule has 30 heavy (non-hydrogen) atoms. The van der Waals surface area contributed by atoms with Crippen molar-refractivity contribution in [1.82, 2.24) is 9.97 Å². The number of H-pyrrole nitrogens is 1. The zero-order valence-corrected chi connectivity index (χ0v) is 16.2. The van der Waals surface area contributed by atoms with Crippen LogP contribution in [-0.2, 0) is 4.79 Å². The number of benzene rings is 1. The molecule has 0 spiro atoms. The number of nitrogens with zero attached hydrogens (tertiary/aromatic N) is 1. The second kappa shape index (κ2) is 9.14. The molecule has 2 heterocycles. The van der Waals surface area contributed by atoms with Gasteiger partial charge in [-0.1, -0.05) is 6.07 Å². The van der Waals surface area contributed by atoms with Crippen molar-refractivity contribution in [2.45, 2.75) is 31.3 Å². The molecule has 0 amide bonds. The van der Waals surface area contributed by atoms with Crippen LogP contribution in [0.4, 0.5) is 5.69 Å². The molecule has 6 N–H and O–H groups in total. The van der Waals surface area contributed by atoms with E-state index in [0.717, 1.165) is 16.5 Å². The van der Waals surface area contributed by atoms with Gasteiger partial charge in [-0.25, -0.2) is 0 Å². The summed E-state index contributed by atoms with van der Waals surface area (Å²) in [6.45, 7) is 1.07. The fourth-order valence-electron chi connectivity index (χ4n) is 3.36. The van der Waals surface area contributed by atoms with Crippen LogP contribution in [0.15, 0.2) is 47.5 Å². The molecule has 9 nitrogen and oxygen atoms in total. The van der Waals surface area contributed by atoms with Crippen molar-refractivity contribution >= 4 is 22.9 Å². The quantitative estimate of drug-likeness (QED) is 0.281. The molecule has 4 atom stereocenters. The maximum Gasteiger partial charge on any atom is 0.256 e. The van der Waals surface area contributed by atoms with E-state index in [1.165, 1.54) is 0 Å². The van der Waals surface area contributed by atoms with Crippen LogP contribution < -0.4 is 10.9 Å². The van der Waals surface area contributed by atoms with Crippen molar-refractivity contribution < 1.29 is 25.2 Å². The minimum absolute atomic E-state index is 0.281. The molecule has 2 aromatic heterocycles. The molecule has 9 heteroatoms. The summed E-state index contributed by atoms with van der Waals surface area (Å²) < 4.78 is 0. The Morgan fingerprint density at radius 3 is 2.47 bits per heavy atom. The van der Waals surface area contributed by atoms with E-state index in [1.807, 2.05) is 6.92 Å².